The number of allylic oxidation sites excluding steroid dienone is 1. The van der Waals surface area contributed by atoms with Crippen LogP contribution in [0.5, 0.6) is 0 Å². The number of hydrogen-bond acceptors (Lipinski definition) is 11. The molecule has 1 aromatic heterocycles. The van der Waals surface area contributed by atoms with Crippen LogP contribution in [0.1, 0.15) is 69.2 Å². The highest BCUT2D eigenvalue weighted by molar-refractivity contribution is 7.99. The molecular weight excluding hydrogens is 903 g/mol. The molecular formula is C46H57ClF3N7O4S3. The maximum atomic E-state index is 14.2. The Balaban J connectivity index is 1.04. The van der Waals surface area contributed by atoms with Gasteiger partial charge in [-0.1, -0.05) is 61.4 Å². The maximum Gasteiger partial charge on any atom is 0.501 e. The summed E-state index contributed by atoms with van der Waals surface area (Å²) in [6, 6.07) is 20.2. The van der Waals surface area contributed by atoms with Gasteiger partial charge in [-0.05, 0) is 138 Å². The number of likely N-dealkylation sites (tertiary alicyclic amines) is 1. The Morgan fingerprint density at radius 3 is 2.36 bits per heavy atom. The van der Waals surface area contributed by atoms with Gasteiger partial charge in [0.2, 0.25) is 0 Å². The van der Waals surface area contributed by atoms with E-state index in [2.05, 4.69) is 55.8 Å². The van der Waals surface area contributed by atoms with Gasteiger partial charge in [-0.15, -0.1) is 11.8 Å². The number of sulfone groups is 1. The van der Waals surface area contributed by atoms with Crippen molar-refractivity contribution in [1.82, 2.24) is 24.7 Å². The van der Waals surface area contributed by atoms with Crippen molar-refractivity contribution in [2.75, 3.05) is 62.6 Å². The molecule has 2 aliphatic heterocycles. The molecule has 4 aromatic rings. The number of fused-ring (bicyclic) bond motifs is 1. The summed E-state index contributed by atoms with van der Waals surface area (Å²) in [7, 11) is -6.87. The fourth-order valence-electron chi connectivity index (χ4n) is 8.92. The van der Waals surface area contributed by atoms with Crippen LogP contribution >= 0.6 is 23.4 Å². The van der Waals surface area contributed by atoms with Gasteiger partial charge >= 0.3 is 5.51 Å². The Hall–Kier alpha value is -3.71. The summed E-state index contributed by atoms with van der Waals surface area (Å²) in [5, 5.41) is 3.74. The number of rotatable bonds is 16. The summed E-state index contributed by atoms with van der Waals surface area (Å²) in [6.45, 7) is 9.22. The highest BCUT2D eigenvalue weighted by atomic mass is 35.5. The van der Waals surface area contributed by atoms with E-state index < -0.39 is 41.2 Å². The normalized spacial score (nSPS) is 18.5. The molecule has 1 atom stereocenters. The summed E-state index contributed by atoms with van der Waals surface area (Å²) in [4.78, 5) is 14.7. The van der Waals surface area contributed by atoms with E-state index in [4.69, 9.17) is 11.6 Å². The van der Waals surface area contributed by atoms with Crippen molar-refractivity contribution in [2.45, 2.75) is 97.6 Å². The van der Waals surface area contributed by atoms with Crippen LogP contribution < -0.4 is 10.0 Å². The molecule has 1 saturated heterocycles. The second-order valence-electron chi connectivity index (χ2n) is 18.1. The molecule has 64 heavy (non-hydrogen) atoms. The quantitative estimate of drug-likeness (QED) is 0.104. The molecule has 0 spiro atoms. The Morgan fingerprint density at radius 1 is 0.953 bits per heavy atom. The Labute approximate surface area is 385 Å². The van der Waals surface area contributed by atoms with E-state index in [1.165, 1.54) is 34.8 Å². The first-order valence-corrected chi connectivity index (χ1v) is 25.9. The number of thioether (sulfide) groups is 1. The third-order valence-electron chi connectivity index (χ3n) is 12.5. The van der Waals surface area contributed by atoms with Crippen LogP contribution in [0.3, 0.4) is 0 Å². The van der Waals surface area contributed by atoms with Crippen LogP contribution in [0.15, 0.2) is 99.4 Å². The third kappa shape index (κ3) is 11.8. The summed E-state index contributed by atoms with van der Waals surface area (Å²) in [5.41, 5.74) is -0.322. The van der Waals surface area contributed by atoms with Gasteiger partial charge in [0.1, 0.15) is 17.0 Å². The van der Waals surface area contributed by atoms with Crippen LogP contribution in [-0.2, 0) is 32.8 Å². The summed E-state index contributed by atoms with van der Waals surface area (Å²) < 4.78 is 99.0. The van der Waals surface area contributed by atoms with Crippen molar-refractivity contribution in [1.29, 1.82) is 0 Å². The average Bonchev–Trinajstić information content (AvgIpc) is 3.25. The molecule has 0 amide bonds. The smallest absolute Gasteiger partial charge is 0.380 e. The zero-order valence-corrected chi connectivity index (χ0v) is 39.9. The zero-order chi connectivity index (χ0) is 45.9. The van der Waals surface area contributed by atoms with Gasteiger partial charge in [-0.2, -0.15) is 13.2 Å². The predicted octanol–water partition coefficient (Wildman–Crippen LogP) is 9.24. The molecule has 11 nitrogen and oxygen atoms in total. The van der Waals surface area contributed by atoms with Crippen LogP contribution in [0, 0.1) is 5.41 Å². The second kappa shape index (κ2) is 20.0. The van der Waals surface area contributed by atoms with Crippen molar-refractivity contribution in [3.63, 3.8) is 0 Å². The maximum absolute atomic E-state index is 14.2. The number of aromatic nitrogens is 2. The number of alkyl halides is 3. The van der Waals surface area contributed by atoms with Gasteiger partial charge < -0.3 is 10.2 Å². The lowest BCUT2D eigenvalue weighted by atomic mass is 9.72. The van der Waals surface area contributed by atoms with Crippen LogP contribution in [0.2, 0.25) is 5.02 Å². The number of sulfonamides is 1. The van der Waals surface area contributed by atoms with Gasteiger partial charge in [0.15, 0.2) is 0 Å². The summed E-state index contributed by atoms with van der Waals surface area (Å²) in [6.07, 6.45) is 7.39. The number of nitrogens with one attached hydrogen (secondary N) is 2. The summed E-state index contributed by atoms with van der Waals surface area (Å²) >= 11 is 7.69. The van der Waals surface area contributed by atoms with E-state index >= 15 is 0 Å². The van der Waals surface area contributed by atoms with Gasteiger partial charge in [-0.25, -0.2) is 26.8 Å². The molecule has 7 rings (SSSR count). The molecule has 1 aliphatic carbocycles. The standard InChI is InChI=1S/C46H57ClF3N7O4S3/c1-45(2)21-16-39(32-10-12-34(47)13-11-32)33(27-45)28-56-23-18-36(19-24-56)57-25-20-40-42(29-57)51-31-52-44(40)54-64(60,61)38-14-15-41(43(26-38)63(58,59)46(48,49)50)53-35(17-22-55(3)4)30-62-37-8-6-5-7-9-37/h5-15,26,31,35-36,53H,16-25,27-30H2,1-4H3,(H,51,52,54)/t35-/m1/s1. The average molecular weight is 961 g/mol. The predicted molar refractivity (Wildman–Crippen MR) is 250 cm³/mol. The largest absolute Gasteiger partial charge is 0.501 e. The van der Waals surface area contributed by atoms with Crippen molar-refractivity contribution < 1.29 is 30.0 Å². The molecule has 3 aromatic carbocycles. The molecule has 346 valence electrons. The van der Waals surface area contributed by atoms with Crippen LogP contribution in [-0.4, -0.2) is 112 Å². The van der Waals surface area contributed by atoms with E-state index in [1.807, 2.05) is 61.5 Å². The summed E-state index contributed by atoms with van der Waals surface area (Å²) in [5.74, 6) is 0.424. The molecule has 0 saturated carbocycles. The molecule has 3 heterocycles. The first-order chi connectivity index (χ1) is 30.3. The number of piperidine rings is 1. The molecule has 18 heteroatoms. The minimum absolute atomic E-state index is 0.0174. The Bertz CT molecular complexity index is 2520. The highest BCUT2D eigenvalue weighted by Gasteiger charge is 2.48. The van der Waals surface area contributed by atoms with E-state index in [9.17, 15) is 30.0 Å². The molecule has 2 N–H and O–H groups in total. The Morgan fingerprint density at radius 2 is 1.67 bits per heavy atom. The van der Waals surface area contributed by atoms with Crippen LogP contribution in [0.4, 0.5) is 24.7 Å². The highest BCUT2D eigenvalue weighted by Crippen LogP contribution is 2.43. The number of halogens is 4. The minimum atomic E-state index is -5.98. The number of nitrogens with zero attached hydrogens (tertiary/aromatic N) is 5. The van der Waals surface area contributed by atoms with Crippen molar-refractivity contribution in [2.24, 2.45) is 5.41 Å². The molecule has 3 aliphatic rings. The molecule has 1 fully saturated rings. The fourth-order valence-corrected chi connectivity index (χ4v) is 12.1. The van der Waals surface area contributed by atoms with Crippen molar-refractivity contribution in [3.8, 4) is 0 Å². The van der Waals surface area contributed by atoms with Gasteiger partial charge in [0.25, 0.3) is 19.9 Å². The Kier molecular flexibility index (Phi) is 15.1. The van der Waals surface area contributed by atoms with E-state index in [-0.39, 0.29) is 16.9 Å². The van der Waals surface area contributed by atoms with Gasteiger partial charge in [-0.3, -0.25) is 14.5 Å². The minimum Gasteiger partial charge on any atom is -0.380 e. The van der Waals surface area contributed by atoms with E-state index in [0.717, 1.165) is 73.8 Å². The lowest BCUT2D eigenvalue weighted by Crippen LogP contribution is -2.47. The topological polar surface area (TPSA) is 128 Å². The number of hydrogen-bond donors (Lipinski definition) is 2. The molecule has 0 radical (unpaired) electrons. The molecule has 0 unspecified atom stereocenters. The zero-order valence-electron chi connectivity index (χ0n) is 36.7. The van der Waals surface area contributed by atoms with Gasteiger partial charge in [0.05, 0.1) is 16.3 Å². The molecule has 0 bridgehead atoms. The van der Waals surface area contributed by atoms with E-state index in [1.54, 1.807) is 0 Å². The van der Waals surface area contributed by atoms with Crippen molar-refractivity contribution in [3.05, 3.63) is 107 Å². The first kappa shape index (κ1) is 48.2. The van der Waals surface area contributed by atoms with Crippen LogP contribution in [0.25, 0.3) is 5.57 Å². The number of anilines is 2. The number of benzene rings is 3. The first-order valence-electron chi connectivity index (χ1n) is 21.6. The van der Waals surface area contributed by atoms with Gasteiger partial charge in [0, 0.05) is 53.0 Å². The third-order valence-corrected chi connectivity index (χ3v) is 16.7. The second-order valence-corrected chi connectivity index (χ2v) is 23.2. The van der Waals surface area contributed by atoms with Crippen molar-refractivity contribution >= 4 is 60.3 Å². The lowest BCUT2D eigenvalue weighted by Gasteiger charge is -2.42. The lowest BCUT2D eigenvalue weighted by molar-refractivity contribution is -0.0435. The monoisotopic (exact) mass is 959 g/mol. The fraction of sp³-hybridized carbons (Fsp3) is 0.478. The van der Waals surface area contributed by atoms with E-state index in [0.29, 0.717) is 61.6 Å². The SMILES string of the molecule is CN(C)CC[C@H](CSc1ccccc1)Nc1ccc(S(=O)(=O)Nc2ncnc3c2CCN(C2CCN(CC4=C(c5ccc(Cl)cc5)CCC(C)(C)C4)CC2)C3)cc1S(=O)(=O)C(F)(F)F.